The van der Waals surface area contributed by atoms with E-state index in [2.05, 4.69) is 5.32 Å². The van der Waals surface area contributed by atoms with Crippen molar-refractivity contribution in [2.45, 2.75) is 32.4 Å². The summed E-state index contributed by atoms with van der Waals surface area (Å²) in [6.07, 6.45) is 1.32. The molecular formula is C21H24N2O4. The highest BCUT2D eigenvalue weighted by molar-refractivity contribution is 6.04. The van der Waals surface area contributed by atoms with Crippen molar-refractivity contribution >= 4 is 11.9 Å². The maximum Gasteiger partial charge on any atom is 0.325 e. The molecule has 0 bridgehead atoms. The Bertz CT molecular complexity index is 836. The van der Waals surface area contributed by atoms with Gasteiger partial charge in [-0.05, 0) is 48.6 Å². The van der Waals surface area contributed by atoms with Crippen molar-refractivity contribution in [3.8, 4) is 11.5 Å². The first-order valence-corrected chi connectivity index (χ1v) is 8.90. The lowest BCUT2D eigenvalue weighted by Crippen LogP contribution is -2.31. The topological polar surface area (TPSA) is 67.9 Å². The van der Waals surface area contributed by atoms with Gasteiger partial charge in [0.2, 0.25) is 0 Å². The Morgan fingerprint density at radius 2 is 1.70 bits per heavy atom. The molecular weight excluding hydrogens is 344 g/mol. The van der Waals surface area contributed by atoms with Crippen LogP contribution in [0.3, 0.4) is 0 Å². The number of benzene rings is 2. The Morgan fingerprint density at radius 1 is 1.04 bits per heavy atom. The van der Waals surface area contributed by atoms with Crippen LogP contribution in [0.15, 0.2) is 42.5 Å². The first-order chi connectivity index (χ1) is 13.0. The molecule has 1 aliphatic rings. The maximum atomic E-state index is 12.7. The minimum atomic E-state index is -0.488. The zero-order valence-corrected chi connectivity index (χ0v) is 15.8. The van der Waals surface area contributed by atoms with Gasteiger partial charge in [-0.2, -0.15) is 0 Å². The van der Waals surface area contributed by atoms with Gasteiger partial charge in [0.25, 0.3) is 5.91 Å². The first-order valence-electron chi connectivity index (χ1n) is 8.90. The molecule has 1 saturated heterocycles. The predicted octanol–water partition coefficient (Wildman–Crippen LogP) is 3.07. The highest BCUT2D eigenvalue weighted by Crippen LogP contribution is 2.31. The Labute approximate surface area is 159 Å². The number of methoxy groups -OCH3 is 2. The third-order valence-electron chi connectivity index (χ3n) is 4.84. The van der Waals surface area contributed by atoms with Gasteiger partial charge in [-0.15, -0.1) is 0 Å². The van der Waals surface area contributed by atoms with E-state index in [0.717, 1.165) is 23.1 Å². The second kappa shape index (κ2) is 8.12. The van der Waals surface area contributed by atoms with Crippen LogP contribution in [0.2, 0.25) is 0 Å². The third-order valence-corrected chi connectivity index (χ3v) is 4.84. The molecule has 0 radical (unpaired) electrons. The van der Waals surface area contributed by atoms with Crippen LogP contribution in [-0.2, 0) is 17.8 Å². The lowest BCUT2D eigenvalue weighted by molar-refractivity contribution is -0.128. The predicted molar refractivity (Wildman–Crippen MR) is 102 cm³/mol. The summed E-state index contributed by atoms with van der Waals surface area (Å²) in [5, 5.41) is 2.80. The van der Waals surface area contributed by atoms with Crippen molar-refractivity contribution in [2.75, 3.05) is 14.2 Å². The summed E-state index contributed by atoms with van der Waals surface area (Å²) in [6.45, 7) is 2.13. The van der Waals surface area contributed by atoms with Gasteiger partial charge in [0.05, 0.1) is 20.8 Å². The van der Waals surface area contributed by atoms with Crippen molar-refractivity contribution in [1.29, 1.82) is 0 Å². The molecule has 0 saturated carbocycles. The zero-order chi connectivity index (χ0) is 19.4. The standard InChI is InChI=1S/C21H24N2O4/c1-14-11-18(26-2)19(27-3)12-16(14)13-23-20(24)17(22-21(23)25)10-9-15-7-5-4-6-8-15/h4-8,11-12,17H,9-10,13H2,1-3H3,(H,22,25). The summed E-state index contributed by atoms with van der Waals surface area (Å²) in [5.41, 5.74) is 2.93. The van der Waals surface area contributed by atoms with Gasteiger partial charge in [-0.25, -0.2) is 4.79 Å². The smallest absolute Gasteiger partial charge is 0.325 e. The van der Waals surface area contributed by atoms with Crippen molar-refractivity contribution in [1.82, 2.24) is 10.2 Å². The Morgan fingerprint density at radius 3 is 2.37 bits per heavy atom. The number of nitrogens with one attached hydrogen (secondary N) is 1. The highest BCUT2D eigenvalue weighted by Gasteiger charge is 2.37. The molecule has 2 aromatic rings. The molecule has 3 rings (SSSR count). The van der Waals surface area contributed by atoms with E-state index in [4.69, 9.17) is 9.47 Å². The van der Waals surface area contributed by atoms with Gasteiger partial charge in [0.15, 0.2) is 11.5 Å². The van der Waals surface area contributed by atoms with Crippen LogP contribution < -0.4 is 14.8 Å². The van der Waals surface area contributed by atoms with E-state index in [0.29, 0.717) is 17.9 Å². The fraction of sp³-hybridized carbons (Fsp3) is 0.333. The molecule has 27 heavy (non-hydrogen) atoms. The first kappa shape index (κ1) is 18.8. The quantitative estimate of drug-likeness (QED) is 0.763. The molecule has 1 aliphatic heterocycles. The molecule has 0 aliphatic carbocycles. The number of urea groups is 1. The number of carbonyl (C=O) groups excluding carboxylic acids is 2. The zero-order valence-electron chi connectivity index (χ0n) is 15.8. The van der Waals surface area contributed by atoms with E-state index in [1.165, 1.54) is 4.90 Å². The number of ether oxygens (including phenoxy) is 2. The Balaban J connectivity index is 1.70. The summed E-state index contributed by atoms with van der Waals surface area (Å²) in [5.74, 6) is 1.01. The van der Waals surface area contributed by atoms with Crippen LogP contribution in [-0.4, -0.2) is 37.1 Å². The number of hydrogen-bond donors (Lipinski definition) is 1. The molecule has 6 nitrogen and oxygen atoms in total. The van der Waals surface area contributed by atoms with Crippen molar-refractivity contribution in [3.05, 3.63) is 59.2 Å². The van der Waals surface area contributed by atoms with Crippen LogP contribution in [0.4, 0.5) is 4.79 Å². The Hall–Kier alpha value is -3.02. The van der Waals surface area contributed by atoms with Gasteiger partial charge in [-0.3, -0.25) is 9.69 Å². The molecule has 142 valence electrons. The van der Waals surface area contributed by atoms with Crippen LogP contribution in [0.25, 0.3) is 0 Å². The number of imide groups is 1. The SMILES string of the molecule is COc1cc(C)c(CN2C(=O)NC(CCc3ccccc3)C2=O)cc1OC. The summed E-state index contributed by atoms with van der Waals surface area (Å²) in [4.78, 5) is 26.3. The van der Waals surface area contributed by atoms with Gasteiger partial charge in [0.1, 0.15) is 6.04 Å². The number of amides is 3. The van der Waals surface area contributed by atoms with E-state index in [1.807, 2.05) is 49.4 Å². The largest absolute Gasteiger partial charge is 0.493 e. The van der Waals surface area contributed by atoms with Crippen LogP contribution in [0.1, 0.15) is 23.1 Å². The van der Waals surface area contributed by atoms with Gasteiger partial charge in [-0.1, -0.05) is 30.3 Å². The molecule has 1 N–H and O–H groups in total. The second-order valence-electron chi connectivity index (χ2n) is 6.58. The molecule has 0 spiro atoms. The van der Waals surface area contributed by atoms with Crippen LogP contribution in [0, 0.1) is 6.92 Å². The third kappa shape index (κ3) is 4.05. The van der Waals surface area contributed by atoms with Gasteiger partial charge < -0.3 is 14.8 Å². The average molecular weight is 368 g/mol. The highest BCUT2D eigenvalue weighted by atomic mass is 16.5. The molecule has 1 unspecified atom stereocenters. The monoisotopic (exact) mass is 368 g/mol. The van der Waals surface area contributed by atoms with Crippen molar-refractivity contribution < 1.29 is 19.1 Å². The molecule has 3 amide bonds. The van der Waals surface area contributed by atoms with E-state index >= 15 is 0 Å². The van der Waals surface area contributed by atoms with Crippen LogP contribution >= 0.6 is 0 Å². The fourth-order valence-electron chi connectivity index (χ4n) is 3.24. The van der Waals surface area contributed by atoms with Crippen molar-refractivity contribution in [3.63, 3.8) is 0 Å². The summed E-state index contributed by atoms with van der Waals surface area (Å²) < 4.78 is 10.6. The summed E-state index contributed by atoms with van der Waals surface area (Å²) >= 11 is 0. The normalized spacial score (nSPS) is 16.4. The molecule has 1 fully saturated rings. The van der Waals surface area contributed by atoms with Gasteiger partial charge >= 0.3 is 6.03 Å². The van der Waals surface area contributed by atoms with E-state index in [1.54, 1.807) is 14.2 Å². The van der Waals surface area contributed by atoms with E-state index < -0.39 is 6.04 Å². The number of nitrogens with zero attached hydrogens (tertiary/aromatic N) is 1. The number of aryl methyl sites for hydroxylation is 2. The van der Waals surface area contributed by atoms with E-state index in [9.17, 15) is 9.59 Å². The molecule has 1 heterocycles. The van der Waals surface area contributed by atoms with Crippen LogP contribution in [0.5, 0.6) is 11.5 Å². The second-order valence-corrected chi connectivity index (χ2v) is 6.58. The number of carbonyl (C=O) groups is 2. The number of hydrogen-bond acceptors (Lipinski definition) is 4. The van der Waals surface area contributed by atoms with Gasteiger partial charge in [0, 0.05) is 0 Å². The number of rotatable bonds is 7. The fourth-order valence-corrected chi connectivity index (χ4v) is 3.24. The minimum absolute atomic E-state index is 0.190. The maximum absolute atomic E-state index is 12.7. The average Bonchev–Trinajstić information content (AvgIpc) is 2.95. The summed E-state index contributed by atoms with van der Waals surface area (Å²) in [7, 11) is 3.13. The minimum Gasteiger partial charge on any atom is -0.493 e. The van der Waals surface area contributed by atoms with Crippen molar-refractivity contribution in [2.24, 2.45) is 0 Å². The lowest BCUT2D eigenvalue weighted by atomic mass is 10.0. The summed E-state index contributed by atoms with van der Waals surface area (Å²) in [6, 6.07) is 12.8. The molecule has 1 atom stereocenters. The lowest BCUT2D eigenvalue weighted by Gasteiger charge is -2.17. The molecule has 0 aromatic heterocycles. The van der Waals surface area contributed by atoms with E-state index in [-0.39, 0.29) is 18.5 Å². The molecule has 6 heteroatoms. The Kier molecular flexibility index (Phi) is 5.64. The molecule has 2 aromatic carbocycles.